The Morgan fingerprint density at radius 2 is 2.05 bits per heavy atom. The summed E-state index contributed by atoms with van der Waals surface area (Å²) in [4.78, 5) is 4.57. The highest BCUT2D eigenvalue weighted by Crippen LogP contribution is 2.23. The maximum Gasteiger partial charge on any atom is 0.207 e. The topological polar surface area (TPSA) is 29.9 Å². The standard InChI is InChI=1S/C15H20BrN3/c1-10(2)8-17-15-18-12(4)9-19(15)14-7-13(16)6-5-11(14)3/h5-7,9-10H,8H2,1-4H3,(H,17,18). The summed E-state index contributed by atoms with van der Waals surface area (Å²) in [5.41, 5.74) is 3.40. The number of aryl methyl sites for hydroxylation is 2. The number of aromatic nitrogens is 2. The van der Waals surface area contributed by atoms with E-state index < -0.39 is 0 Å². The molecule has 0 unspecified atom stereocenters. The minimum atomic E-state index is 0.592. The van der Waals surface area contributed by atoms with Crippen molar-refractivity contribution >= 4 is 21.9 Å². The van der Waals surface area contributed by atoms with Crippen LogP contribution in [-0.4, -0.2) is 16.1 Å². The van der Waals surface area contributed by atoms with Gasteiger partial charge in [-0.05, 0) is 37.5 Å². The van der Waals surface area contributed by atoms with E-state index in [1.165, 1.54) is 5.56 Å². The molecule has 4 heteroatoms. The number of benzene rings is 1. The first-order valence-corrected chi connectivity index (χ1v) is 7.33. The molecule has 0 radical (unpaired) electrons. The van der Waals surface area contributed by atoms with Crippen molar-refractivity contribution in [1.29, 1.82) is 0 Å². The molecule has 0 spiro atoms. The van der Waals surface area contributed by atoms with Crippen LogP contribution in [0.25, 0.3) is 5.69 Å². The van der Waals surface area contributed by atoms with Crippen LogP contribution in [0.4, 0.5) is 5.95 Å². The highest BCUT2D eigenvalue weighted by atomic mass is 79.9. The molecule has 0 aliphatic carbocycles. The number of nitrogens with zero attached hydrogens (tertiary/aromatic N) is 2. The first kappa shape index (κ1) is 14.1. The molecule has 0 amide bonds. The predicted octanol–water partition coefficient (Wildman–Crippen LogP) is 4.32. The number of nitrogens with one attached hydrogen (secondary N) is 1. The molecule has 0 atom stereocenters. The smallest absolute Gasteiger partial charge is 0.207 e. The lowest BCUT2D eigenvalue weighted by Gasteiger charge is -2.13. The van der Waals surface area contributed by atoms with Gasteiger partial charge in [-0.1, -0.05) is 35.8 Å². The Balaban J connectivity index is 2.40. The number of anilines is 1. The van der Waals surface area contributed by atoms with Gasteiger partial charge in [-0.25, -0.2) is 4.98 Å². The number of hydrogen-bond acceptors (Lipinski definition) is 2. The normalized spacial score (nSPS) is 11.1. The zero-order chi connectivity index (χ0) is 14.0. The first-order valence-electron chi connectivity index (χ1n) is 6.53. The molecule has 0 aliphatic rings. The Morgan fingerprint density at radius 3 is 2.74 bits per heavy atom. The van der Waals surface area contributed by atoms with Gasteiger partial charge >= 0.3 is 0 Å². The fraction of sp³-hybridized carbons (Fsp3) is 0.400. The molecule has 2 aromatic rings. The van der Waals surface area contributed by atoms with E-state index in [9.17, 15) is 0 Å². The highest BCUT2D eigenvalue weighted by Gasteiger charge is 2.10. The second-order valence-corrected chi connectivity index (χ2v) is 6.20. The summed E-state index contributed by atoms with van der Waals surface area (Å²) in [5.74, 6) is 1.50. The molecular formula is C15H20BrN3. The van der Waals surface area contributed by atoms with E-state index in [0.717, 1.165) is 28.3 Å². The van der Waals surface area contributed by atoms with Gasteiger partial charge in [-0.2, -0.15) is 0 Å². The monoisotopic (exact) mass is 321 g/mol. The van der Waals surface area contributed by atoms with Crippen LogP contribution >= 0.6 is 15.9 Å². The number of halogens is 1. The molecular weight excluding hydrogens is 302 g/mol. The zero-order valence-corrected chi connectivity index (χ0v) is 13.5. The molecule has 0 bridgehead atoms. The largest absolute Gasteiger partial charge is 0.355 e. The molecule has 0 saturated carbocycles. The van der Waals surface area contributed by atoms with Crippen LogP contribution < -0.4 is 5.32 Å². The van der Waals surface area contributed by atoms with E-state index in [2.05, 4.69) is 76.0 Å². The Morgan fingerprint density at radius 1 is 1.32 bits per heavy atom. The van der Waals surface area contributed by atoms with Crippen LogP contribution in [0.2, 0.25) is 0 Å². The Hall–Kier alpha value is -1.29. The van der Waals surface area contributed by atoms with Crippen LogP contribution in [-0.2, 0) is 0 Å². The van der Waals surface area contributed by atoms with Crippen LogP contribution in [0, 0.1) is 19.8 Å². The van der Waals surface area contributed by atoms with E-state index in [1.54, 1.807) is 0 Å². The molecule has 0 aliphatic heterocycles. The van der Waals surface area contributed by atoms with E-state index in [1.807, 2.05) is 6.92 Å². The molecule has 102 valence electrons. The Labute approximate surface area is 123 Å². The molecule has 2 rings (SSSR count). The molecule has 1 heterocycles. The van der Waals surface area contributed by atoms with Gasteiger partial charge in [0.05, 0.1) is 11.4 Å². The summed E-state index contributed by atoms with van der Waals surface area (Å²) in [6, 6.07) is 6.29. The third-order valence-corrected chi connectivity index (χ3v) is 3.42. The van der Waals surface area contributed by atoms with Crippen molar-refractivity contribution in [2.45, 2.75) is 27.7 Å². The SMILES string of the molecule is Cc1cn(-c2cc(Br)ccc2C)c(NCC(C)C)n1. The lowest BCUT2D eigenvalue weighted by molar-refractivity contribution is 0.683. The maximum atomic E-state index is 4.57. The summed E-state index contributed by atoms with van der Waals surface area (Å²) in [6.45, 7) is 9.44. The number of rotatable bonds is 4. The fourth-order valence-electron chi connectivity index (χ4n) is 1.94. The van der Waals surface area contributed by atoms with Gasteiger partial charge in [0.1, 0.15) is 0 Å². The number of hydrogen-bond donors (Lipinski definition) is 1. The summed E-state index contributed by atoms with van der Waals surface area (Å²) >= 11 is 3.53. The van der Waals surface area contributed by atoms with Crippen molar-refractivity contribution in [3.05, 3.63) is 40.1 Å². The second-order valence-electron chi connectivity index (χ2n) is 5.28. The lowest BCUT2D eigenvalue weighted by Crippen LogP contribution is -2.12. The van der Waals surface area contributed by atoms with Gasteiger partial charge in [-0.3, -0.25) is 4.57 Å². The van der Waals surface area contributed by atoms with Gasteiger partial charge < -0.3 is 5.32 Å². The molecule has 19 heavy (non-hydrogen) atoms. The Bertz CT molecular complexity index is 573. The van der Waals surface area contributed by atoms with Crippen molar-refractivity contribution in [3.8, 4) is 5.69 Å². The average Bonchev–Trinajstić information content (AvgIpc) is 2.71. The van der Waals surface area contributed by atoms with Crippen molar-refractivity contribution in [1.82, 2.24) is 9.55 Å². The summed E-state index contributed by atoms with van der Waals surface area (Å²) < 4.78 is 3.20. The molecule has 1 aromatic heterocycles. The van der Waals surface area contributed by atoms with Crippen LogP contribution in [0.15, 0.2) is 28.9 Å². The minimum Gasteiger partial charge on any atom is -0.355 e. The fourth-order valence-corrected chi connectivity index (χ4v) is 2.29. The van der Waals surface area contributed by atoms with E-state index in [-0.39, 0.29) is 0 Å². The van der Waals surface area contributed by atoms with E-state index in [4.69, 9.17) is 0 Å². The van der Waals surface area contributed by atoms with Crippen molar-refractivity contribution < 1.29 is 0 Å². The molecule has 1 aromatic carbocycles. The van der Waals surface area contributed by atoms with Crippen molar-refractivity contribution in [2.24, 2.45) is 5.92 Å². The second kappa shape index (κ2) is 5.78. The lowest BCUT2D eigenvalue weighted by atomic mass is 10.2. The van der Waals surface area contributed by atoms with Crippen LogP contribution in [0.5, 0.6) is 0 Å². The average molecular weight is 322 g/mol. The van der Waals surface area contributed by atoms with Crippen molar-refractivity contribution in [3.63, 3.8) is 0 Å². The van der Waals surface area contributed by atoms with Gasteiger partial charge in [0, 0.05) is 17.2 Å². The van der Waals surface area contributed by atoms with Crippen LogP contribution in [0.3, 0.4) is 0 Å². The summed E-state index contributed by atoms with van der Waals surface area (Å²) in [5, 5.41) is 3.42. The first-order chi connectivity index (χ1) is 8.97. The Kier molecular flexibility index (Phi) is 4.30. The van der Waals surface area contributed by atoms with Gasteiger partial charge in [0.2, 0.25) is 5.95 Å². The zero-order valence-electron chi connectivity index (χ0n) is 11.9. The van der Waals surface area contributed by atoms with Crippen molar-refractivity contribution in [2.75, 3.05) is 11.9 Å². The predicted molar refractivity (Wildman–Crippen MR) is 84.1 cm³/mol. The molecule has 0 saturated heterocycles. The highest BCUT2D eigenvalue weighted by molar-refractivity contribution is 9.10. The van der Waals surface area contributed by atoms with E-state index >= 15 is 0 Å². The minimum absolute atomic E-state index is 0.592. The quantitative estimate of drug-likeness (QED) is 0.908. The summed E-state index contributed by atoms with van der Waals surface area (Å²) in [6.07, 6.45) is 2.07. The molecule has 1 N–H and O–H groups in total. The maximum absolute atomic E-state index is 4.57. The van der Waals surface area contributed by atoms with Gasteiger partial charge in [0.25, 0.3) is 0 Å². The van der Waals surface area contributed by atoms with Crippen LogP contribution in [0.1, 0.15) is 25.1 Å². The van der Waals surface area contributed by atoms with Gasteiger partial charge in [0.15, 0.2) is 0 Å². The molecule has 3 nitrogen and oxygen atoms in total. The van der Waals surface area contributed by atoms with E-state index in [0.29, 0.717) is 5.92 Å². The van der Waals surface area contributed by atoms with Gasteiger partial charge in [-0.15, -0.1) is 0 Å². The summed E-state index contributed by atoms with van der Waals surface area (Å²) in [7, 11) is 0. The third kappa shape index (κ3) is 3.38. The third-order valence-electron chi connectivity index (χ3n) is 2.93. The molecule has 0 fully saturated rings. The number of imidazole rings is 1.